The highest BCUT2D eigenvalue weighted by atomic mass is 32.2. The molecule has 0 spiro atoms. The molecule has 1 aliphatic rings. The second-order valence-electron chi connectivity index (χ2n) is 4.45. The summed E-state index contributed by atoms with van der Waals surface area (Å²) in [6, 6.07) is 15.7. The van der Waals surface area contributed by atoms with Crippen LogP contribution in [0, 0.1) is 0 Å². The Morgan fingerprint density at radius 1 is 1.15 bits per heavy atom. The van der Waals surface area contributed by atoms with Crippen LogP contribution >= 0.6 is 11.8 Å². The van der Waals surface area contributed by atoms with Crippen LogP contribution in [0.15, 0.2) is 59.7 Å². The molecule has 20 heavy (non-hydrogen) atoms. The molecule has 0 radical (unpaired) electrons. The number of carbonyl (C=O) groups excluding carboxylic acids is 1. The summed E-state index contributed by atoms with van der Waals surface area (Å²) in [6.45, 7) is 0. The van der Waals surface area contributed by atoms with Crippen LogP contribution in [0.4, 0.5) is 5.82 Å². The van der Waals surface area contributed by atoms with Crippen molar-refractivity contribution < 1.29 is 9.78 Å². The molecule has 1 saturated heterocycles. The highest BCUT2D eigenvalue weighted by Crippen LogP contribution is 2.24. The molecule has 2 heterocycles. The topological polar surface area (TPSA) is 55.6 Å². The Hall–Kier alpha value is -2.14. The predicted octanol–water partition coefficient (Wildman–Crippen LogP) is 1.96. The van der Waals surface area contributed by atoms with Gasteiger partial charge in [-0.15, -0.1) is 0 Å². The average molecular weight is 284 g/mol. The standard InChI is InChI=1S/C15H13N3OS/c19-14-12(10-11-6-2-1-3-7-11)20-15(18-14)17-13-8-4-5-9-16-13/h1-9,12H,10H2,(H,16,17,18,19)/p+1. The fraction of sp³-hybridized carbons (Fsp3) is 0.133. The van der Waals surface area contributed by atoms with Gasteiger partial charge in [-0.1, -0.05) is 36.4 Å². The lowest BCUT2D eigenvalue weighted by atomic mass is 10.1. The number of amidine groups is 1. The van der Waals surface area contributed by atoms with Gasteiger partial charge in [-0.25, -0.2) is 4.98 Å². The van der Waals surface area contributed by atoms with Crippen molar-refractivity contribution in [2.24, 2.45) is 4.99 Å². The molecule has 2 aromatic rings. The Morgan fingerprint density at radius 2 is 1.95 bits per heavy atom. The summed E-state index contributed by atoms with van der Waals surface area (Å²) >= 11 is 1.48. The first-order valence-corrected chi connectivity index (χ1v) is 7.26. The third-order valence-electron chi connectivity index (χ3n) is 2.96. The van der Waals surface area contributed by atoms with Crippen molar-refractivity contribution in [1.82, 2.24) is 5.32 Å². The SMILES string of the molecule is O=C1NC(=Nc2cccc[nH+]2)SC1Cc1ccccc1. The Kier molecular flexibility index (Phi) is 3.78. The van der Waals surface area contributed by atoms with Gasteiger partial charge in [-0.3, -0.25) is 10.1 Å². The molecule has 0 bridgehead atoms. The molecule has 1 aromatic carbocycles. The third-order valence-corrected chi connectivity index (χ3v) is 4.04. The zero-order chi connectivity index (χ0) is 13.8. The first-order chi connectivity index (χ1) is 9.81. The maximum Gasteiger partial charge on any atom is 0.324 e. The number of aliphatic imine (C=N–C) groups is 1. The van der Waals surface area contributed by atoms with E-state index in [1.54, 1.807) is 0 Å². The van der Waals surface area contributed by atoms with Gasteiger partial charge in [0.25, 0.3) is 5.17 Å². The number of hydrogen-bond acceptors (Lipinski definition) is 3. The molecule has 1 fully saturated rings. The van der Waals surface area contributed by atoms with Crippen LogP contribution in [0.25, 0.3) is 0 Å². The number of hydrogen-bond donors (Lipinski definition) is 1. The highest BCUT2D eigenvalue weighted by Gasteiger charge is 2.33. The van der Waals surface area contributed by atoms with Gasteiger partial charge < -0.3 is 0 Å². The number of benzene rings is 1. The summed E-state index contributed by atoms with van der Waals surface area (Å²) < 4.78 is 0. The summed E-state index contributed by atoms with van der Waals surface area (Å²) in [5, 5.41) is 3.37. The van der Waals surface area contributed by atoms with Crippen molar-refractivity contribution in [2.75, 3.05) is 0 Å². The second kappa shape index (κ2) is 5.88. The minimum absolute atomic E-state index is 0.0218. The fourth-order valence-corrected chi connectivity index (χ4v) is 3.01. The van der Waals surface area contributed by atoms with Crippen molar-refractivity contribution in [3.05, 3.63) is 60.3 Å². The Labute approximate surface area is 121 Å². The van der Waals surface area contributed by atoms with Crippen LogP contribution in [0.5, 0.6) is 0 Å². The molecule has 1 atom stereocenters. The van der Waals surface area contributed by atoms with Crippen LogP contribution in [0.2, 0.25) is 0 Å². The lowest BCUT2D eigenvalue weighted by Gasteiger charge is -2.03. The fourth-order valence-electron chi connectivity index (χ4n) is 1.98. The van der Waals surface area contributed by atoms with Crippen LogP contribution in [0.3, 0.4) is 0 Å². The average Bonchev–Trinajstić information content (AvgIpc) is 2.81. The number of nitrogens with zero attached hydrogens (tertiary/aromatic N) is 1. The molecule has 1 aliphatic heterocycles. The minimum atomic E-state index is -0.111. The molecule has 100 valence electrons. The van der Waals surface area contributed by atoms with E-state index < -0.39 is 0 Å². The zero-order valence-electron chi connectivity index (χ0n) is 10.7. The van der Waals surface area contributed by atoms with E-state index in [2.05, 4.69) is 15.3 Å². The molecule has 1 amide bonds. The van der Waals surface area contributed by atoms with Gasteiger partial charge in [0.15, 0.2) is 0 Å². The first kappa shape index (κ1) is 12.9. The number of carbonyl (C=O) groups is 1. The van der Waals surface area contributed by atoms with Gasteiger partial charge >= 0.3 is 5.82 Å². The number of aromatic nitrogens is 1. The van der Waals surface area contributed by atoms with Gasteiger partial charge in [0.1, 0.15) is 0 Å². The summed E-state index contributed by atoms with van der Waals surface area (Å²) in [6.07, 6.45) is 2.52. The second-order valence-corrected chi connectivity index (χ2v) is 5.64. The van der Waals surface area contributed by atoms with Gasteiger partial charge in [-0.05, 0) is 34.8 Å². The number of pyridine rings is 1. The lowest BCUT2D eigenvalue weighted by Crippen LogP contribution is -2.26. The first-order valence-electron chi connectivity index (χ1n) is 6.38. The van der Waals surface area contributed by atoms with E-state index >= 15 is 0 Å². The lowest BCUT2D eigenvalue weighted by molar-refractivity contribution is -0.362. The monoisotopic (exact) mass is 284 g/mol. The van der Waals surface area contributed by atoms with Crippen molar-refractivity contribution >= 4 is 28.7 Å². The van der Waals surface area contributed by atoms with Crippen molar-refractivity contribution in [2.45, 2.75) is 11.7 Å². The van der Waals surface area contributed by atoms with E-state index in [0.717, 1.165) is 17.8 Å². The minimum Gasteiger partial charge on any atom is -0.283 e. The highest BCUT2D eigenvalue weighted by molar-refractivity contribution is 8.15. The van der Waals surface area contributed by atoms with E-state index in [1.165, 1.54) is 11.8 Å². The Balaban J connectivity index is 1.71. The largest absolute Gasteiger partial charge is 0.324 e. The third kappa shape index (κ3) is 3.05. The van der Waals surface area contributed by atoms with Crippen LogP contribution < -0.4 is 10.3 Å². The molecule has 5 heteroatoms. The van der Waals surface area contributed by atoms with E-state index in [1.807, 2.05) is 54.7 Å². The normalized spacial score (nSPS) is 20.1. The molecule has 1 aromatic heterocycles. The molecule has 2 N–H and O–H groups in total. The number of H-pyrrole nitrogens is 1. The summed E-state index contributed by atoms with van der Waals surface area (Å²) in [4.78, 5) is 19.4. The van der Waals surface area contributed by atoms with Gasteiger partial charge in [0.2, 0.25) is 5.91 Å². The molecule has 0 saturated carbocycles. The zero-order valence-corrected chi connectivity index (χ0v) is 11.6. The Bertz CT molecular complexity index is 628. The molecule has 1 unspecified atom stereocenters. The molecule has 0 aliphatic carbocycles. The van der Waals surface area contributed by atoms with Crippen LogP contribution in [-0.2, 0) is 11.2 Å². The molecule has 3 rings (SSSR count). The van der Waals surface area contributed by atoms with Gasteiger partial charge in [-0.2, -0.15) is 0 Å². The Morgan fingerprint density at radius 3 is 2.70 bits per heavy atom. The smallest absolute Gasteiger partial charge is 0.283 e. The van der Waals surface area contributed by atoms with Crippen molar-refractivity contribution in [1.29, 1.82) is 0 Å². The molecule has 4 nitrogen and oxygen atoms in total. The number of amides is 1. The van der Waals surface area contributed by atoms with E-state index in [9.17, 15) is 4.79 Å². The maximum absolute atomic E-state index is 12.0. The summed E-state index contributed by atoms with van der Waals surface area (Å²) in [5.74, 6) is 0.754. The van der Waals surface area contributed by atoms with E-state index in [-0.39, 0.29) is 11.2 Å². The summed E-state index contributed by atoms with van der Waals surface area (Å²) in [5.41, 5.74) is 1.16. The number of nitrogens with one attached hydrogen (secondary N) is 2. The number of thioether (sulfide) groups is 1. The predicted molar refractivity (Wildman–Crippen MR) is 79.8 cm³/mol. The quantitative estimate of drug-likeness (QED) is 0.936. The summed E-state index contributed by atoms with van der Waals surface area (Å²) in [7, 11) is 0. The van der Waals surface area contributed by atoms with Crippen LogP contribution in [0.1, 0.15) is 5.56 Å². The van der Waals surface area contributed by atoms with Crippen LogP contribution in [-0.4, -0.2) is 16.3 Å². The molecular formula is C15H14N3OS+. The van der Waals surface area contributed by atoms with Crippen molar-refractivity contribution in [3.8, 4) is 0 Å². The van der Waals surface area contributed by atoms with E-state index in [4.69, 9.17) is 0 Å². The van der Waals surface area contributed by atoms with Gasteiger partial charge in [0, 0.05) is 6.07 Å². The maximum atomic E-state index is 12.0. The van der Waals surface area contributed by atoms with E-state index in [0.29, 0.717) is 5.17 Å². The number of aromatic amines is 1. The van der Waals surface area contributed by atoms with Gasteiger partial charge in [0.05, 0.1) is 11.4 Å². The number of rotatable bonds is 3. The van der Waals surface area contributed by atoms with Crippen molar-refractivity contribution in [3.63, 3.8) is 0 Å². The molecular weight excluding hydrogens is 270 g/mol.